The van der Waals surface area contributed by atoms with Crippen LogP contribution in [0.2, 0.25) is 0 Å². The molecule has 1 atom stereocenters. The molecule has 2 rings (SSSR count). The summed E-state index contributed by atoms with van der Waals surface area (Å²) in [6.07, 6.45) is 3.84. The topological polar surface area (TPSA) is 108 Å². The van der Waals surface area contributed by atoms with Crippen LogP contribution in [0.15, 0.2) is 12.1 Å². The van der Waals surface area contributed by atoms with E-state index in [2.05, 4.69) is 0 Å². The minimum atomic E-state index is -0.586. The number of ether oxygens (including phenoxy) is 4. The molecule has 1 saturated heterocycles. The summed E-state index contributed by atoms with van der Waals surface area (Å²) >= 11 is 3.45. The van der Waals surface area contributed by atoms with Gasteiger partial charge in [0.2, 0.25) is 0 Å². The van der Waals surface area contributed by atoms with E-state index in [0.717, 1.165) is 30.1 Å². The van der Waals surface area contributed by atoms with Crippen molar-refractivity contribution in [2.75, 3.05) is 37.1 Å². The summed E-state index contributed by atoms with van der Waals surface area (Å²) in [7, 11) is 0. The summed E-state index contributed by atoms with van der Waals surface area (Å²) in [6, 6.07) is 3.39. The average Bonchev–Trinajstić information content (AvgIpc) is 3.29. The monoisotopic (exact) mass is 570 g/mol. The lowest BCUT2D eigenvalue weighted by molar-refractivity contribution is -0.145. The number of hydrogen-bond donors (Lipinski definition) is 1. The Balaban J connectivity index is 1.81. The molecule has 0 spiro atoms. The van der Waals surface area contributed by atoms with E-state index in [4.69, 9.17) is 18.9 Å². The second kappa shape index (κ2) is 16.9. The van der Waals surface area contributed by atoms with Gasteiger partial charge in [-0.1, -0.05) is 13.3 Å². The van der Waals surface area contributed by atoms with Gasteiger partial charge in [-0.3, -0.25) is 14.4 Å². The van der Waals surface area contributed by atoms with Gasteiger partial charge in [-0.05, 0) is 64.3 Å². The van der Waals surface area contributed by atoms with Gasteiger partial charge in [0.15, 0.2) is 5.78 Å². The van der Waals surface area contributed by atoms with E-state index >= 15 is 0 Å². The minimum absolute atomic E-state index is 0.0245. The summed E-state index contributed by atoms with van der Waals surface area (Å²) in [5, 5.41) is 10.5. The van der Waals surface area contributed by atoms with Crippen LogP contribution in [0.1, 0.15) is 82.1 Å². The van der Waals surface area contributed by atoms with Crippen LogP contribution in [-0.4, -0.2) is 70.9 Å². The van der Waals surface area contributed by atoms with Gasteiger partial charge in [0, 0.05) is 29.9 Å². The Morgan fingerprint density at radius 2 is 1.76 bits per heavy atom. The summed E-state index contributed by atoms with van der Waals surface area (Å²) in [6.45, 7) is 8.22. The van der Waals surface area contributed by atoms with E-state index in [1.54, 1.807) is 49.5 Å². The molecule has 0 saturated carbocycles. The molecule has 0 amide bonds. The Bertz CT molecular complexity index is 898. The van der Waals surface area contributed by atoms with Crippen molar-refractivity contribution in [2.24, 2.45) is 0 Å². The molecule has 0 aromatic heterocycles. The summed E-state index contributed by atoms with van der Waals surface area (Å²) in [4.78, 5) is 35.0. The van der Waals surface area contributed by atoms with Crippen LogP contribution in [-0.2, 0) is 30.2 Å². The number of Topliss-reactive ketones (excluding diaryl/α,β-unsaturated/α-hetero) is 1. The third-order valence-electron chi connectivity index (χ3n) is 6.06. The predicted molar refractivity (Wildman–Crippen MR) is 151 cm³/mol. The first-order valence-corrected chi connectivity index (χ1v) is 15.6. The van der Waals surface area contributed by atoms with Crippen molar-refractivity contribution < 1.29 is 38.4 Å². The van der Waals surface area contributed by atoms with Gasteiger partial charge in [-0.15, -0.1) is 11.8 Å². The van der Waals surface area contributed by atoms with Crippen LogP contribution in [0.4, 0.5) is 0 Å². The second-order valence-corrected chi connectivity index (χ2v) is 11.6. The highest BCUT2D eigenvalue weighted by molar-refractivity contribution is 8.01. The van der Waals surface area contributed by atoms with Crippen molar-refractivity contribution in [3.8, 4) is 11.5 Å². The van der Waals surface area contributed by atoms with Crippen molar-refractivity contribution in [2.45, 2.75) is 83.7 Å². The number of aromatic hydroxyl groups is 1. The van der Waals surface area contributed by atoms with E-state index in [1.165, 1.54) is 6.92 Å². The van der Waals surface area contributed by atoms with Gasteiger partial charge in [0.1, 0.15) is 16.4 Å². The molecule has 1 aliphatic heterocycles. The summed E-state index contributed by atoms with van der Waals surface area (Å²) in [5.41, 5.74) is 1.01. The largest absolute Gasteiger partial charge is 0.507 e. The lowest BCUT2D eigenvalue weighted by Crippen LogP contribution is -2.30. The van der Waals surface area contributed by atoms with Gasteiger partial charge >= 0.3 is 11.9 Å². The van der Waals surface area contributed by atoms with Crippen LogP contribution >= 0.6 is 23.5 Å². The van der Waals surface area contributed by atoms with E-state index in [-0.39, 0.29) is 42.4 Å². The number of rotatable bonds is 18. The zero-order valence-electron chi connectivity index (χ0n) is 23.0. The molecule has 38 heavy (non-hydrogen) atoms. The highest BCUT2D eigenvalue weighted by Gasteiger charge is 2.41. The first kappa shape index (κ1) is 32.3. The maximum atomic E-state index is 11.9. The summed E-state index contributed by atoms with van der Waals surface area (Å²) in [5.74, 6) is 2.47. The fraction of sp³-hybridized carbons (Fsp3) is 0.679. The van der Waals surface area contributed by atoms with Crippen LogP contribution in [0, 0.1) is 0 Å². The van der Waals surface area contributed by atoms with Crippen LogP contribution in [0.5, 0.6) is 11.5 Å². The third kappa shape index (κ3) is 10.3. The normalized spacial score (nSPS) is 16.3. The molecule has 1 fully saturated rings. The molecule has 1 aliphatic rings. The van der Waals surface area contributed by atoms with Crippen LogP contribution < -0.4 is 4.74 Å². The number of benzene rings is 1. The number of thioether (sulfide) groups is 2. The third-order valence-corrected chi connectivity index (χ3v) is 8.81. The number of carbonyl (C=O) groups is 3. The van der Waals surface area contributed by atoms with Gasteiger partial charge < -0.3 is 24.1 Å². The average molecular weight is 571 g/mol. The zero-order valence-corrected chi connectivity index (χ0v) is 24.7. The molecule has 1 unspecified atom stereocenters. The lowest BCUT2D eigenvalue weighted by Gasteiger charge is -2.28. The molecule has 1 aromatic rings. The number of phenols is 1. The molecule has 8 nitrogen and oxygen atoms in total. The Hall–Kier alpha value is -1.91. The van der Waals surface area contributed by atoms with Gasteiger partial charge in [-0.25, -0.2) is 0 Å². The van der Waals surface area contributed by atoms with Crippen LogP contribution in [0.3, 0.4) is 0 Å². The van der Waals surface area contributed by atoms with E-state index in [1.807, 2.05) is 6.92 Å². The molecule has 0 aliphatic carbocycles. The number of phenolic OH excluding ortho intramolecular Hbond substituents is 1. The van der Waals surface area contributed by atoms with Crippen molar-refractivity contribution in [3.63, 3.8) is 0 Å². The fourth-order valence-corrected chi connectivity index (χ4v) is 6.68. The zero-order chi connectivity index (χ0) is 28.0. The Kier molecular flexibility index (Phi) is 14.4. The van der Waals surface area contributed by atoms with Crippen molar-refractivity contribution in [1.29, 1.82) is 0 Å². The lowest BCUT2D eigenvalue weighted by atomic mass is 10.0. The molecule has 1 aromatic carbocycles. The van der Waals surface area contributed by atoms with E-state index in [0.29, 0.717) is 56.0 Å². The Morgan fingerprint density at radius 3 is 2.34 bits per heavy atom. The highest BCUT2D eigenvalue weighted by atomic mass is 32.2. The van der Waals surface area contributed by atoms with E-state index in [9.17, 15) is 19.5 Å². The molecule has 214 valence electrons. The maximum absolute atomic E-state index is 11.9. The quantitative estimate of drug-likeness (QED) is 0.137. The van der Waals surface area contributed by atoms with Gasteiger partial charge in [-0.2, -0.15) is 11.8 Å². The van der Waals surface area contributed by atoms with Crippen LogP contribution in [0.25, 0.3) is 0 Å². The SMILES string of the molecule is CCCc1c(OCCCSCC2CSC(CCC(=O)OCC)(CCC(=O)OCC)O2)ccc(C(C)=O)c1O. The molecular formula is C28H42O8S2. The van der Waals surface area contributed by atoms with Gasteiger partial charge in [0.05, 0.1) is 31.5 Å². The number of ketones is 1. The predicted octanol–water partition coefficient (Wildman–Crippen LogP) is 5.56. The van der Waals surface area contributed by atoms with Gasteiger partial charge in [0.25, 0.3) is 0 Å². The fourth-order valence-electron chi connectivity index (χ4n) is 4.22. The standard InChI is InChI=1S/C28H42O8S2/c1-5-9-23-24(11-10-22(20(4)29)27(23)32)35-16-8-17-37-18-21-19-38-28(36-21,14-12-25(30)33-6-2)15-13-26(31)34-7-3/h10-11,21,32H,5-9,12-19H2,1-4H3. The maximum Gasteiger partial charge on any atom is 0.305 e. The Morgan fingerprint density at radius 1 is 1.11 bits per heavy atom. The molecule has 0 bridgehead atoms. The number of carbonyl (C=O) groups excluding carboxylic acids is 3. The smallest absolute Gasteiger partial charge is 0.305 e. The molecule has 10 heteroatoms. The number of esters is 2. The van der Waals surface area contributed by atoms with E-state index < -0.39 is 4.93 Å². The molecule has 1 N–H and O–H groups in total. The summed E-state index contributed by atoms with van der Waals surface area (Å²) < 4.78 is 22.5. The molecule has 0 radical (unpaired) electrons. The van der Waals surface area contributed by atoms with Crippen molar-refractivity contribution in [1.82, 2.24) is 0 Å². The number of hydrogen-bond acceptors (Lipinski definition) is 10. The molecular weight excluding hydrogens is 528 g/mol. The highest BCUT2D eigenvalue weighted by Crippen LogP contribution is 2.44. The second-order valence-electron chi connectivity index (χ2n) is 9.09. The first-order chi connectivity index (χ1) is 18.2. The van der Waals surface area contributed by atoms with Crippen molar-refractivity contribution >= 4 is 41.2 Å². The van der Waals surface area contributed by atoms with Crippen molar-refractivity contribution in [3.05, 3.63) is 23.3 Å². The minimum Gasteiger partial charge on any atom is -0.507 e. The molecule has 1 heterocycles. The first-order valence-electron chi connectivity index (χ1n) is 13.4. The Labute approximate surface area is 234 Å².